The number of hydrogen-bond donors (Lipinski definition) is 5. The van der Waals surface area contributed by atoms with Gasteiger partial charge in [0.2, 0.25) is 5.91 Å². The Balaban J connectivity index is 1.71. The summed E-state index contributed by atoms with van der Waals surface area (Å²) < 4.78 is 0. The lowest BCUT2D eigenvalue weighted by atomic mass is 10.1. The highest BCUT2D eigenvalue weighted by atomic mass is 16.3. The first-order chi connectivity index (χ1) is 15.0. The number of phenolic OH excluding ortho intramolecular Hbond substituents is 1. The number of piperidine rings is 1. The second-order valence-corrected chi connectivity index (χ2v) is 7.61. The lowest BCUT2D eigenvalue weighted by Gasteiger charge is -2.32. The molecule has 0 saturated carbocycles. The van der Waals surface area contributed by atoms with Gasteiger partial charge in [-0.05, 0) is 50.5 Å². The van der Waals surface area contributed by atoms with E-state index >= 15 is 0 Å². The van der Waals surface area contributed by atoms with Crippen LogP contribution >= 0.6 is 0 Å². The van der Waals surface area contributed by atoms with Crippen LogP contribution in [0.1, 0.15) is 43.5 Å². The van der Waals surface area contributed by atoms with Crippen molar-refractivity contribution in [2.75, 3.05) is 45.8 Å². The summed E-state index contributed by atoms with van der Waals surface area (Å²) in [4.78, 5) is 30.7. The molecule has 0 bridgehead atoms. The summed E-state index contributed by atoms with van der Waals surface area (Å²) in [5.74, 6) is 0.773. The second kappa shape index (κ2) is 13.5. The molecular formula is C22H36N6O3. The summed E-state index contributed by atoms with van der Waals surface area (Å²) in [5, 5.41) is 21.8. The number of carbonyl (C=O) groups is 2. The Hall–Kier alpha value is -2.81. The fraction of sp³-hybridized carbons (Fsp3) is 0.591. The molecule has 0 unspecified atom stereocenters. The highest BCUT2D eigenvalue weighted by Crippen LogP contribution is 2.10. The number of nitrogens with one attached hydrogen (secondary N) is 4. The molecule has 172 valence electrons. The van der Waals surface area contributed by atoms with Gasteiger partial charge in [0, 0.05) is 44.3 Å². The third-order valence-electron chi connectivity index (χ3n) is 5.01. The van der Waals surface area contributed by atoms with Crippen LogP contribution in [0.4, 0.5) is 0 Å². The first kappa shape index (κ1) is 24.5. The molecule has 0 radical (unpaired) electrons. The van der Waals surface area contributed by atoms with Crippen LogP contribution < -0.4 is 21.3 Å². The number of likely N-dealkylation sites (tertiary alicyclic amines) is 1. The van der Waals surface area contributed by atoms with E-state index in [2.05, 4.69) is 31.2 Å². The molecule has 1 aromatic carbocycles. The van der Waals surface area contributed by atoms with Crippen LogP contribution in [0, 0.1) is 0 Å². The van der Waals surface area contributed by atoms with E-state index in [0.717, 1.165) is 51.4 Å². The Labute approximate surface area is 184 Å². The number of benzene rings is 1. The van der Waals surface area contributed by atoms with Crippen molar-refractivity contribution < 1.29 is 14.7 Å². The van der Waals surface area contributed by atoms with E-state index in [1.165, 1.54) is 12.1 Å². The normalized spacial score (nSPS) is 15.4. The number of aliphatic imine (C=N–C) groups is 1. The van der Waals surface area contributed by atoms with Gasteiger partial charge >= 0.3 is 0 Å². The van der Waals surface area contributed by atoms with E-state index in [1.807, 2.05) is 13.8 Å². The summed E-state index contributed by atoms with van der Waals surface area (Å²) in [5.41, 5.74) is 0.502. The van der Waals surface area contributed by atoms with Gasteiger partial charge in [-0.1, -0.05) is 6.92 Å². The van der Waals surface area contributed by atoms with Crippen LogP contribution in [-0.4, -0.2) is 79.6 Å². The first-order valence-electron chi connectivity index (χ1n) is 11.1. The smallest absolute Gasteiger partial charge is 0.251 e. The number of hydrogen-bond acceptors (Lipinski definition) is 5. The SMILES string of the molecule is CCCNC(=O)CN1CCC(NC(=NCCNC(=O)c2ccc(O)cc2)NCC)CC1. The van der Waals surface area contributed by atoms with Gasteiger partial charge < -0.3 is 26.4 Å². The average Bonchev–Trinajstić information content (AvgIpc) is 2.77. The molecule has 1 saturated heterocycles. The van der Waals surface area contributed by atoms with E-state index in [-0.39, 0.29) is 17.6 Å². The van der Waals surface area contributed by atoms with E-state index in [4.69, 9.17) is 0 Å². The largest absolute Gasteiger partial charge is 0.508 e. The number of nitrogens with zero attached hydrogens (tertiary/aromatic N) is 2. The molecule has 2 rings (SSSR count). The van der Waals surface area contributed by atoms with Gasteiger partial charge in [0.15, 0.2) is 5.96 Å². The van der Waals surface area contributed by atoms with Crippen LogP contribution in [0.5, 0.6) is 5.75 Å². The predicted molar refractivity (Wildman–Crippen MR) is 122 cm³/mol. The minimum absolute atomic E-state index is 0.0949. The number of rotatable bonds is 10. The molecule has 5 N–H and O–H groups in total. The molecule has 0 spiro atoms. The van der Waals surface area contributed by atoms with Crippen molar-refractivity contribution in [3.8, 4) is 5.75 Å². The third kappa shape index (κ3) is 9.25. The zero-order valence-electron chi connectivity index (χ0n) is 18.6. The minimum Gasteiger partial charge on any atom is -0.508 e. The molecule has 2 amide bonds. The number of aromatic hydroxyl groups is 1. The van der Waals surface area contributed by atoms with Crippen LogP contribution in [-0.2, 0) is 4.79 Å². The minimum atomic E-state index is -0.191. The second-order valence-electron chi connectivity index (χ2n) is 7.61. The molecule has 1 aromatic rings. The number of guanidine groups is 1. The highest BCUT2D eigenvalue weighted by molar-refractivity contribution is 5.94. The van der Waals surface area contributed by atoms with Crippen LogP contribution in [0.2, 0.25) is 0 Å². The highest BCUT2D eigenvalue weighted by Gasteiger charge is 2.21. The molecule has 1 aliphatic rings. The average molecular weight is 433 g/mol. The predicted octanol–water partition coefficient (Wildman–Crippen LogP) is 0.668. The van der Waals surface area contributed by atoms with Crippen molar-refractivity contribution in [2.24, 2.45) is 4.99 Å². The summed E-state index contributed by atoms with van der Waals surface area (Å²) in [6.45, 7) is 8.63. The Kier molecular flexibility index (Phi) is 10.6. The van der Waals surface area contributed by atoms with Crippen molar-refractivity contribution in [3.63, 3.8) is 0 Å². The number of carbonyl (C=O) groups excluding carboxylic acids is 2. The fourth-order valence-electron chi connectivity index (χ4n) is 3.32. The zero-order chi connectivity index (χ0) is 22.5. The summed E-state index contributed by atoms with van der Waals surface area (Å²) in [6, 6.07) is 6.45. The van der Waals surface area contributed by atoms with Crippen molar-refractivity contribution in [2.45, 2.75) is 39.2 Å². The van der Waals surface area contributed by atoms with Gasteiger partial charge in [-0.15, -0.1) is 0 Å². The van der Waals surface area contributed by atoms with Gasteiger partial charge in [-0.3, -0.25) is 19.5 Å². The monoisotopic (exact) mass is 432 g/mol. The van der Waals surface area contributed by atoms with Gasteiger partial charge in [0.05, 0.1) is 13.1 Å². The Bertz CT molecular complexity index is 714. The molecule has 0 aromatic heterocycles. The van der Waals surface area contributed by atoms with Gasteiger partial charge in [0.1, 0.15) is 5.75 Å². The quantitative estimate of drug-likeness (QED) is 0.211. The third-order valence-corrected chi connectivity index (χ3v) is 5.01. The van der Waals surface area contributed by atoms with Crippen molar-refractivity contribution in [1.29, 1.82) is 0 Å². The standard InChI is InChI=1S/C22H36N6O3/c1-3-11-24-20(30)16-28-14-9-18(10-15-28)27-22(23-4-2)26-13-12-25-21(31)17-5-7-19(29)8-6-17/h5-8,18,29H,3-4,9-16H2,1-2H3,(H,24,30)(H,25,31)(H2,23,26,27). The van der Waals surface area contributed by atoms with Crippen LogP contribution in [0.3, 0.4) is 0 Å². The van der Waals surface area contributed by atoms with Crippen molar-refractivity contribution in [3.05, 3.63) is 29.8 Å². The molecule has 1 aliphatic heterocycles. The molecular weight excluding hydrogens is 396 g/mol. The summed E-state index contributed by atoms with van der Waals surface area (Å²) >= 11 is 0. The molecule has 0 aliphatic carbocycles. The maximum atomic E-state index is 12.1. The Morgan fingerprint density at radius 1 is 1.06 bits per heavy atom. The van der Waals surface area contributed by atoms with Gasteiger partial charge in [-0.2, -0.15) is 0 Å². The van der Waals surface area contributed by atoms with E-state index in [9.17, 15) is 14.7 Å². The molecule has 9 heteroatoms. The lowest BCUT2D eigenvalue weighted by Crippen LogP contribution is -2.50. The summed E-state index contributed by atoms with van der Waals surface area (Å²) in [7, 11) is 0. The van der Waals surface area contributed by atoms with Crippen molar-refractivity contribution in [1.82, 2.24) is 26.2 Å². The Morgan fingerprint density at radius 3 is 2.42 bits per heavy atom. The maximum Gasteiger partial charge on any atom is 0.251 e. The maximum absolute atomic E-state index is 12.1. The molecule has 0 atom stereocenters. The number of phenols is 1. The van der Waals surface area contributed by atoms with Gasteiger partial charge in [-0.25, -0.2) is 0 Å². The van der Waals surface area contributed by atoms with Crippen LogP contribution in [0.25, 0.3) is 0 Å². The molecule has 31 heavy (non-hydrogen) atoms. The topological polar surface area (TPSA) is 118 Å². The Morgan fingerprint density at radius 2 is 1.77 bits per heavy atom. The summed E-state index contributed by atoms with van der Waals surface area (Å²) in [6.07, 6.45) is 2.84. The zero-order valence-corrected chi connectivity index (χ0v) is 18.6. The van der Waals surface area contributed by atoms with Gasteiger partial charge in [0.25, 0.3) is 5.91 Å². The fourth-order valence-corrected chi connectivity index (χ4v) is 3.32. The van der Waals surface area contributed by atoms with E-state index < -0.39 is 0 Å². The van der Waals surface area contributed by atoms with E-state index in [0.29, 0.717) is 31.2 Å². The molecule has 9 nitrogen and oxygen atoms in total. The molecule has 1 heterocycles. The van der Waals surface area contributed by atoms with E-state index in [1.54, 1.807) is 12.1 Å². The first-order valence-corrected chi connectivity index (χ1v) is 11.1. The molecule has 1 fully saturated rings. The van der Waals surface area contributed by atoms with Crippen LogP contribution in [0.15, 0.2) is 29.3 Å². The lowest BCUT2D eigenvalue weighted by molar-refractivity contribution is -0.122. The van der Waals surface area contributed by atoms with Crippen molar-refractivity contribution >= 4 is 17.8 Å². The number of amides is 2.